The molecule has 1 fully saturated rings. The van der Waals surface area contributed by atoms with E-state index in [1.165, 1.54) is 0 Å². The zero-order valence-electron chi connectivity index (χ0n) is 17.8. The Hall–Kier alpha value is -2.25. The van der Waals surface area contributed by atoms with Crippen molar-refractivity contribution in [2.24, 2.45) is 5.11 Å². The molecular weight excluding hydrogens is 370 g/mol. The Labute approximate surface area is 158 Å². The van der Waals surface area contributed by atoms with Gasteiger partial charge in [0.1, 0.15) is 81.4 Å². The molecule has 1 unspecified atom stereocenters. The van der Waals surface area contributed by atoms with Gasteiger partial charge in [-0.3, -0.25) is 0 Å². The molecule has 0 aromatic rings. The molecule has 13 nitrogen and oxygen atoms in total. The number of ether oxygens (including phenoxy) is 5. The van der Waals surface area contributed by atoms with Gasteiger partial charge >= 0.3 is 0 Å². The summed E-state index contributed by atoms with van der Waals surface area (Å²) >= 11 is 0. The van der Waals surface area contributed by atoms with E-state index in [2.05, 4.69) is 10.0 Å². The molecule has 0 amide bonds. The van der Waals surface area contributed by atoms with Crippen LogP contribution in [0.15, 0.2) is 5.11 Å². The number of aliphatic hydroxyl groups is 1. The van der Waals surface area contributed by atoms with Gasteiger partial charge in [0.25, 0.3) is 5.91 Å². The van der Waals surface area contributed by atoms with Crippen molar-refractivity contribution in [2.75, 3.05) is 33.0 Å². The van der Waals surface area contributed by atoms with Gasteiger partial charge in [-0.25, -0.2) is 0 Å². The van der Waals surface area contributed by atoms with E-state index >= 15 is 0 Å². The number of azide groups is 1. The second kappa shape index (κ2) is 12.2. The van der Waals surface area contributed by atoms with Crippen LogP contribution in [0.25, 0.3) is 10.4 Å². The lowest BCUT2D eigenvalue weighted by atomic mass is 9.96. The molecule has 1 heterocycles. The fraction of sp³-hybridized carbons (Fsp3) is 0.714. The maximum Gasteiger partial charge on any atom is 0.277 e. The molecule has 1 aliphatic rings. The average Bonchev–Trinajstić information content (AvgIpc) is 2.64. The summed E-state index contributed by atoms with van der Waals surface area (Å²) in [4.78, 5) is 46.3. The minimum Gasteiger partial charge on any atom is -0.371 e. The summed E-state index contributed by atoms with van der Waals surface area (Å²) in [5.74, 6) is -2.90. The lowest BCUT2D eigenvalue weighted by Gasteiger charge is -2.47. The Morgan fingerprint density at radius 1 is 1.04 bits per heavy atom. The molecule has 5 atom stereocenters. The number of aldehydes is 4. The maximum atomic E-state index is 11.1. The normalized spacial score (nSPS) is 32.2. The molecule has 27 heavy (non-hydrogen) atoms. The molecular formula is C14H19N3O10. The smallest absolute Gasteiger partial charge is 0.277 e. The average molecular weight is 393 g/mol. The first-order chi connectivity index (χ1) is 14.5. The Morgan fingerprint density at radius 2 is 1.59 bits per heavy atom. The summed E-state index contributed by atoms with van der Waals surface area (Å²) in [6.07, 6.45) is -11.3. The molecule has 150 valence electrons. The highest BCUT2D eigenvalue weighted by molar-refractivity contribution is 5.51. The molecule has 0 radical (unpaired) electrons. The highest BCUT2D eigenvalue weighted by Gasteiger charge is 2.56. The van der Waals surface area contributed by atoms with Gasteiger partial charge in [-0.15, -0.1) is 0 Å². The van der Waals surface area contributed by atoms with Crippen LogP contribution in [0.2, 0.25) is 0 Å². The van der Waals surface area contributed by atoms with E-state index in [9.17, 15) is 24.3 Å². The molecule has 1 rings (SSSR count). The summed E-state index contributed by atoms with van der Waals surface area (Å²) in [7, 11) is 0. The molecule has 0 aliphatic carbocycles. The minimum absolute atomic E-state index is 0.580. The fourth-order valence-corrected chi connectivity index (χ4v) is 2.42. The summed E-state index contributed by atoms with van der Waals surface area (Å²) < 4.78 is 53.5. The van der Waals surface area contributed by atoms with Crippen molar-refractivity contribution in [3.05, 3.63) is 10.4 Å². The Balaban J connectivity index is 3.34. The molecule has 1 saturated heterocycles. The lowest BCUT2D eigenvalue weighted by Crippen LogP contribution is -2.66. The van der Waals surface area contributed by atoms with Crippen LogP contribution < -0.4 is 0 Å². The third-order valence-corrected chi connectivity index (χ3v) is 3.31. The van der Waals surface area contributed by atoms with E-state index in [4.69, 9.17) is 34.7 Å². The molecule has 0 aromatic carbocycles. The predicted octanol–water partition coefficient (Wildman–Crippen LogP) is -1.69. The highest BCUT2D eigenvalue weighted by atomic mass is 16.7. The van der Waals surface area contributed by atoms with Crippen molar-refractivity contribution in [1.82, 2.24) is 0 Å². The highest BCUT2D eigenvalue weighted by Crippen LogP contribution is 2.35. The molecule has 0 spiro atoms. The summed E-state index contributed by atoms with van der Waals surface area (Å²) in [6, 6.07) is 0. The van der Waals surface area contributed by atoms with Crippen LogP contribution in [0.5, 0.6) is 0 Å². The predicted molar refractivity (Wildman–Crippen MR) is 83.3 cm³/mol. The van der Waals surface area contributed by atoms with Gasteiger partial charge in [0.2, 0.25) is 0 Å². The lowest BCUT2D eigenvalue weighted by molar-refractivity contribution is -0.360. The molecule has 1 aliphatic heterocycles. The summed E-state index contributed by atoms with van der Waals surface area (Å²) in [6.45, 7) is -3.94. The van der Waals surface area contributed by atoms with Crippen molar-refractivity contribution in [2.45, 2.75) is 30.3 Å². The number of rotatable bonds is 14. The Morgan fingerprint density at radius 3 is 2.15 bits per heavy atom. The van der Waals surface area contributed by atoms with Gasteiger partial charge in [-0.1, -0.05) is 0 Å². The van der Waals surface area contributed by atoms with Crippen molar-refractivity contribution < 1.29 is 53.5 Å². The molecule has 0 saturated carbocycles. The van der Waals surface area contributed by atoms with Crippen molar-refractivity contribution in [1.29, 1.82) is 0 Å². The Bertz CT molecular complexity index is 737. The number of hydrogen-bond acceptors (Lipinski definition) is 11. The first-order valence-electron chi connectivity index (χ1n) is 9.37. The van der Waals surface area contributed by atoms with Gasteiger partial charge in [-0.2, -0.15) is 0 Å². The van der Waals surface area contributed by atoms with Crippen molar-refractivity contribution in [3.8, 4) is 0 Å². The molecule has 0 bridgehead atoms. The summed E-state index contributed by atoms with van der Waals surface area (Å²) in [5.41, 5.74) is 8.79. The van der Waals surface area contributed by atoms with Gasteiger partial charge in [0, 0.05) is 4.91 Å². The van der Waals surface area contributed by atoms with Crippen LogP contribution >= 0.6 is 0 Å². The van der Waals surface area contributed by atoms with Crippen molar-refractivity contribution >= 4 is 25.0 Å². The minimum atomic E-state index is -2.90. The Kier molecular flexibility index (Phi) is 7.63. The van der Waals surface area contributed by atoms with Crippen LogP contribution in [0.3, 0.4) is 0 Å². The number of carbonyl (C=O) groups is 4. The van der Waals surface area contributed by atoms with E-state index in [-0.39, 0.29) is 0 Å². The number of nitrogens with zero attached hydrogens (tertiary/aromatic N) is 3. The third-order valence-electron chi connectivity index (χ3n) is 3.31. The third kappa shape index (κ3) is 6.45. The van der Waals surface area contributed by atoms with Gasteiger partial charge in [-0.05, 0) is 10.6 Å². The van der Waals surface area contributed by atoms with Gasteiger partial charge in [0.05, 0.1) is 6.61 Å². The monoisotopic (exact) mass is 393 g/mol. The number of carbonyl (C=O) groups excluding carboxylic acids is 4. The second-order valence-electron chi connectivity index (χ2n) is 4.88. The summed E-state index contributed by atoms with van der Waals surface area (Å²) in [5, 5.41) is 13.7. The van der Waals surface area contributed by atoms with Crippen LogP contribution in [0.4, 0.5) is 0 Å². The molecule has 0 aromatic heterocycles. The van der Waals surface area contributed by atoms with E-state index in [0.29, 0.717) is 0 Å². The second-order valence-corrected chi connectivity index (χ2v) is 4.88. The van der Waals surface area contributed by atoms with Crippen LogP contribution in [0, 0.1) is 0 Å². The van der Waals surface area contributed by atoms with Crippen LogP contribution in [0.1, 0.15) is 5.48 Å². The fourth-order valence-electron chi connectivity index (χ4n) is 2.42. The molecule has 13 heteroatoms. The SMILES string of the molecule is [2H]C(=O)COC[C@H]1OC(O)(N=[N+]=[N-])[C@@H](OCC([2H])=O)[C@@H](OCC([2H])=O)[C@@H]1OCC([2H])=O. The van der Waals surface area contributed by atoms with Crippen LogP contribution in [-0.2, 0) is 42.9 Å². The molecule has 1 N–H and O–H groups in total. The topological polar surface area (TPSA) is 183 Å². The zero-order chi connectivity index (χ0) is 23.6. The largest absolute Gasteiger partial charge is 0.371 e. The van der Waals surface area contributed by atoms with Gasteiger partial charge in [0.15, 0.2) is 0 Å². The quantitative estimate of drug-likeness (QED) is 0.154. The zero-order valence-corrected chi connectivity index (χ0v) is 13.8. The van der Waals surface area contributed by atoms with Gasteiger partial charge < -0.3 is 48.0 Å². The van der Waals surface area contributed by atoms with E-state index in [0.717, 1.165) is 0 Å². The maximum absolute atomic E-state index is 11.1. The van der Waals surface area contributed by atoms with Crippen molar-refractivity contribution in [3.63, 3.8) is 0 Å². The van der Waals surface area contributed by atoms with E-state index < -0.39 is 88.4 Å². The van der Waals surface area contributed by atoms with Crippen LogP contribution in [-0.4, -0.2) is 93.5 Å². The first-order valence-corrected chi connectivity index (χ1v) is 7.37. The first kappa shape index (κ1) is 16.9. The standard InChI is InChI=1S/C14H19N3O10/c15-17-16-14(22)13(26-8-4-21)12(25-7-3-20)11(24-6-2-19)10(27-14)9-23-5-1-18/h1-4,10-13,22H,5-9H2/t10-,11-,12+,13+,14?/m1/s1/i1D,2D,3D,4D. The van der Waals surface area contributed by atoms with E-state index in [1.807, 2.05) is 0 Å². The van der Waals surface area contributed by atoms with E-state index in [1.54, 1.807) is 0 Å². The number of hydrogen-bond donors (Lipinski definition) is 1.